The van der Waals surface area contributed by atoms with E-state index in [0.29, 0.717) is 5.69 Å². The first-order valence-corrected chi connectivity index (χ1v) is 5.90. The molecule has 5 nitrogen and oxygen atoms in total. The number of hydrogen-bond donors (Lipinski definition) is 2. The number of aliphatic hydroxyl groups excluding tert-OH is 1. The fraction of sp³-hybridized carbons (Fsp3) is 0.385. The Hall–Kier alpha value is -1.72. The van der Waals surface area contributed by atoms with Crippen molar-refractivity contribution in [2.45, 2.75) is 19.4 Å². The molecule has 1 aromatic carbocycles. The van der Waals surface area contributed by atoms with Crippen LogP contribution in [-0.4, -0.2) is 30.6 Å². The molecule has 0 unspecified atom stereocenters. The van der Waals surface area contributed by atoms with Gasteiger partial charge in [-0.05, 0) is 24.2 Å². The highest BCUT2D eigenvalue weighted by Crippen LogP contribution is 2.30. The Morgan fingerprint density at radius 3 is 2.94 bits per heavy atom. The van der Waals surface area contributed by atoms with Crippen molar-refractivity contribution in [1.29, 1.82) is 0 Å². The van der Waals surface area contributed by atoms with Gasteiger partial charge in [0.2, 0.25) is 11.8 Å². The lowest BCUT2D eigenvalue weighted by Crippen LogP contribution is -2.34. The average molecular weight is 248 g/mol. The molecule has 0 bridgehead atoms. The fourth-order valence-corrected chi connectivity index (χ4v) is 2.17. The molecule has 2 N–H and O–H groups in total. The van der Waals surface area contributed by atoms with Gasteiger partial charge in [0, 0.05) is 6.54 Å². The first kappa shape index (κ1) is 12.7. The van der Waals surface area contributed by atoms with Gasteiger partial charge >= 0.3 is 0 Å². The molecule has 0 radical (unpaired) electrons. The third-order valence-corrected chi connectivity index (χ3v) is 2.93. The van der Waals surface area contributed by atoms with Crippen LogP contribution in [0.25, 0.3) is 0 Å². The lowest BCUT2D eigenvalue weighted by Gasteiger charge is -2.15. The zero-order valence-corrected chi connectivity index (χ0v) is 10.3. The van der Waals surface area contributed by atoms with Crippen LogP contribution in [0, 0.1) is 0 Å². The number of carbonyl (C=O) groups is 2. The van der Waals surface area contributed by atoms with Gasteiger partial charge < -0.3 is 10.4 Å². The molecule has 2 amide bonds. The number of carbonyl (C=O) groups excluding carboxylic acids is 2. The third-order valence-electron chi connectivity index (χ3n) is 2.93. The average Bonchev–Trinajstić information content (AvgIpc) is 2.65. The lowest BCUT2D eigenvalue weighted by molar-refractivity contribution is -0.125. The van der Waals surface area contributed by atoms with E-state index in [4.69, 9.17) is 5.11 Å². The molecule has 1 aliphatic rings. The molecule has 96 valence electrons. The topological polar surface area (TPSA) is 69.6 Å². The van der Waals surface area contributed by atoms with Crippen LogP contribution in [0.1, 0.15) is 17.5 Å². The zero-order chi connectivity index (χ0) is 13.1. The number of aliphatic hydroxyl groups is 1. The first-order chi connectivity index (χ1) is 8.67. The maximum absolute atomic E-state index is 11.8. The van der Waals surface area contributed by atoms with Crippen LogP contribution >= 0.6 is 0 Å². The van der Waals surface area contributed by atoms with Crippen LogP contribution in [0.5, 0.6) is 0 Å². The van der Waals surface area contributed by atoms with E-state index in [1.54, 1.807) is 6.07 Å². The Morgan fingerprint density at radius 1 is 1.50 bits per heavy atom. The van der Waals surface area contributed by atoms with E-state index in [1.807, 2.05) is 19.2 Å². The van der Waals surface area contributed by atoms with Crippen LogP contribution in [0.4, 0.5) is 5.69 Å². The molecule has 0 aromatic heterocycles. The molecule has 5 heteroatoms. The summed E-state index contributed by atoms with van der Waals surface area (Å²) in [6.45, 7) is 0.488. The first-order valence-electron chi connectivity index (χ1n) is 5.90. The van der Waals surface area contributed by atoms with Crippen molar-refractivity contribution in [3.05, 3.63) is 29.3 Å². The van der Waals surface area contributed by atoms with Crippen molar-refractivity contribution in [3.63, 3.8) is 0 Å². The van der Waals surface area contributed by atoms with Crippen molar-refractivity contribution in [2.75, 3.05) is 18.6 Å². The highest BCUT2D eigenvalue weighted by atomic mass is 16.3. The minimum atomic E-state index is -0.345. The number of benzene rings is 1. The van der Waals surface area contributed by atoms with Gasteiger partial charge in [0.1, 0.15) is 0 Å². The summed E-state index contributed by atoms with van der Waals surface area (Å²) in [5.41, 5.74) is 2.61. The van der Waals surface area contributed by atoms with Gasteiger partial charge in [0.05, 0.1) is 25.1 Å². The number of hydrogen-bond acceptors (Lipinski definition) is 4. The van der Waals surface area contributed by atoms with Gasteiger partial charge in [-0.3, -0.25) is 9.59 Å². The Balaban J connectivity index is 2.29. The molecule has 1 heterocycles. The third kappa shape index (κ3) is 2.27. The lowest BCUT2D eigenvalue weighted by atomic mass is 10.1. The van der Waals surface area contributed by atoms with Crippen molar-refractivity contribution in [1.82, 2.24) is 5.32 Å². The number of amides is 2. The van der Waals surface area contributed by atoms with E-state index in [9.17, 15) is 9.59 Å². The highest BCUT2D eigenvalue weighted by molar-refractivity contribution is 6.19. The molecule has 0 aliphatic carbocycles. The summed E-state index contributed by atoms with van der Waals surface area (Å²) in [5, 5.41) is 11.8. The van der Waals surface area contributed by atoms with Gasteiger partial charge in [0.15, 0.2) is 0 Å². The molecule has 0 spiro atoms. The summed E-state index contributed by atoms with van der Waals surface area (Å²) in [6.07, 6.45) is 0.230. The monoisotopic (exact) mass is 248 g/mol. The molecule has 1 aromatic rings. The van der Waals surface area contributed by atoms with Crippen molar-refractivity contribution in [3.8, 4) is 0 Å². The van der Waals surface area contributed by atoms with E-state index in [0.717, 1.165) is 17.7 Å². The van der Waals surface area contributed by atoms with E-state index in [1.165, 1.54) is 4.90 Å². The Bertz CT molecular complexity index is 485. The van der Waals surface area contributed by atoms with Gasteiger partial charge in [-0.15, -0.1) is 0 Å². The summed E-state index contributed by atoms with van der Waals surface area (Å²) in [6, 6.07) is 5.63. The number of rotatable bonds is 4. The minimum absolute atomic E-state index is 0.0244. The summed E-state index contributed by atoms with van der Waals surface area (Å²) in [7, 11) is 1.86. The van der Waals surface area contributed by atoms with Gasteiger partial charge in [-0.1, -0.05) is 12.1 Å². The van der Waals surface area contributed by atoms with Gasteiger partial charge in [-0.25, -0.2) is 4.90 Å². The predicted octanol–water partition coefficient (Wildman–Crippen LogP) is 0.204. The number of nitrogens with zero attached hydrogens (tertiary/aromatic N) is 1. The van der Waals surface area contributed by atoms with Crippen LogP contribution < -0.4 is 10.2 Å². The number of fused-ring (bicyclic) bond motifs is 1. The molecule has 2 rings (SSSR count). The van der Waals surface area contributed by atoms with Crippen LogP contribution in [-0.2, 0) is 22.6 Å². The van der Waals surface area contributed by atoms with Gasteiger partial charge in [-0.2, -0.15) is 0 Å². The molecule has 18 heavy (non-hydrogen) atoms. The standard InChI is InChI=1S/C13H16N2O3/c1-14-8-9-2-3-11-10(6-9)7-13(18)15(11)12(17)4-5-16/h2-3,6,14,16H,4-5,7-8H2,1H3. The maximum Gasteiger partial charge on any atom is 0.238 e. The van der Waals surface area contributed by atoms with Crippen molar-refractivity contribution in [2.24, 2.45) is 0 Å². The highest BCUT2D eigenvalue weighted by Gasteiger charge is 2.31. The van der Waals surface area contributed by atoms with E-state index < -0.39 is 0 Å². The predicted molar refractivity (Wildman–Crippen MR) is 67.1 cm³/mol. The van der Waals surface area contributed by atoms with E-state index in [-0.39, 0.29) is 31.3 Å². The maximum atomic E-state index is 11.8. The second-order valence-electron chi connectivity index (χ2n) is 4.27. The Labute approximate surface area is 105 Å². The molecule has 0 saturated carbocycles. The molecular formula is C13H16N2O3. The molecular weight excluding hydrogens is 232 g/mol. The Morgan fingerprint density at radius 2 is 2.28 bits per heavy atom. The SMILES string of the molecule is CNCc1ccc2c(c1)CC(=O)N2C(=O)CCO. The van der Waals surface area contributed by atoms with E-state index in [2.05, 4.69) is 5.32 Å². The van der Waals surface area contributed by atoms with E-state index >= 15 is 0 Å². The van der Waals surface area contributed by atoms with Gasteiger partial charge in [0.25, 0.3) is 0 Å². The minimum Gasteiger partial charge on any atom is -0.396 e. The number of anilines is 1. The van der Waals surface area contributed by atoms with Crippen molar-refractivity contribution >= 4 is 17.5 Å². The smallest absolute Gasteiger partial charge is 0.238 e. The summed E-state index contributed by atoms with van der Waals surface area (Å²) in [4.78, 5) is 24.8. The second kappa shape index (κ2) is 5.29. The zero-order valence-electron chi connectivity index (χ0n) is 10.3. The number of imide groups is 1. The van der Waals surface area contributed by atoms with Crippen molar-refractivity contribution < 1.29 is 14.7 Å². The number of nitrogens with one attached hydrogen (secondary N) is 1. The van der Waals surface area contributed by atoms with Crippen LogP contribution in [0.3, 0.4) is 0 Å². The Kier molecular flexibility index (Phi) is 3.74. The molecule has 0 atom stereocenters. The summed E-state index contributed by atoms with van der Waals surface area (Å²) >= 11 is 0. The molecule has 0 fully saturated rings. The molecule has 0 saturated heterocycles. The van der Waals surface area contributed by atoms with Crippen LogP contribution in [0.2, 0.25) is 0 Å². The fourth-order valence-electron chi connectivity index (χ4n) is 2.17. The second-order valence-corrected chi connectivity index (χ2v) is 4.27. The molecule has 1 aliphatic heterocycles. The quantitative estimate of drug-likeness (QED) is 0.799. The van der Waals surface area contributed by atoms with Crippen LogP contribution in [0.15, 0.2) is 18.2 Å². The largest absolute Gasteiger partial charge is 0.396 e. The summed E-state index contributed by atoms with van der Waals surface area (Å²) < 4.78 is 0. The normalized spacial score (nSPS) is 13.9. The summed E-state index contributed by atoms with van der Waals surface area (Å²) in [5.74, 6) is -0.562.